The number of hydrogen-bond donors (Lipinski definition) is 1. The molecule has 4 nitrogen and oxygen atoms in total. The van der Waals surface area contributed by atoms with E-state index in [1.165, 1.54) is 20.0 Å². The van der Waals surface area contributed by atoms with Crippen LogP contribution in [-0.4, -0.2) is 31.3 Å². The summed E-state index contributed by atoms with van der Waals surface area (Å²) in [5.74, 6) is -0.512. The largest absolute Gasteiger partial charge is 0.496 e. The average Bonchev–Trinajstić information content (AvgIpc) is 3.06. The molecule has 1 aromatic carbocycles. The second kappa shape index (κ2) is 3.39. The molecule has 17 heavy (non-hydrogen) atoms. The quantitative estimate of drug-likeness (QED) is 0.867. The molecular formula is C13H15NO3. The Morgan fingerprint density at radius 3 is 2.65 bits per heavy atom. The van der Waals surface area contributed by atoms with E-state index in [1.807, 2.05) is 12.1 Å². The normalized spacial score (nSPS) is 19.9. The first-order valence-electron chi connectivity index (χ1n) is 5.80. The van der Waals surface area contributed by atoms with E-state index in [4.69, 9.17) is 9.84 Å². The molecule has 1 aliphatic carbocycles. The Morgan fingerprint density at radius 1 is 1.41 bits per heavy atom. The molecule has 1 spiro atoms. The molecule has 1 aromatic rings. The van der Waals surface area contributed by atoms with Gasteiger partial charge in [-0.3, -0.25) is 0 Å². The molecule has 2 aliphatic rings. The summed E-state index contributed by atoms with van der Waals surface area (Å²) in [5.41, 5.74) is 1.88. The molecule has 0 aromatic heterocycles. The van der Waals surface area contributed by atoms with Crippen LogP contribution in [0.3, 0.4) is 0 Å². The number of carbonyl (C=O) groups is 1. The van der Waals surface area contributed by atoms with Gasteiger partial charge in [-0.1, -0.05) is 0 Å². The van der Waals surface area contributed by atoms with Gasteiger partial charge in [0.1, 0.15) is 11.3 Å². The summed E-state index contributed by atoms with van der Waals surface area (Å²) in [6.45, 7) is 2.20. The van der Waals surface area contributed by atoms with Crippen molar-refractivity contribution in [2.24, 2.45) is 5.41 Å². The van der Waals surface area contributed by atoms with Gasteiger partial charge in [0.2, 0.25) is 0 Å². The Labute approximate surface area is 99.8 Å². The summed E-state index contributed by atoms with van der Waals surface area (Å²) < 4.78 is 5.13. The predicted molar refractivity (Wildman–Crippen MR) is 63.8 cm³/mol. The molecule has 1 saturated carbocycles. The number of nitrogens with zero attached hydrogens (tertiary/aromatic N) is 1. The molecule has 1 heterocycles. The third-order valence-electron chi connectivity index (χ3n) is 3.79. The Morgan fingerprint density at radius 2 is 2.12 bits per heavy atom. The number of methoxy groups -OCH3 is 1. The lowest BCUT2D eigenvalue weighted by molar-refractivity contribution is 0.0693. The van der Waals surface area contributed by atoms with Crippen LogP contribution < -0.4 is 9.64 Å². The van der Waals surface area contributed by atoms with Crippen molar-refractivity contribution in [3.8, 4) is 5.75 Å². The van der Waals surface area contributed by atoms with Crippen LogP contribution in [-0.2, 0) is 0 Å². The van der Waals surface area contributed by atoms with E-state index in [1.54, 1.807) is 6.07 Å². The maximum Gasteiger partial charge on any atom is 0.339 e. The number of rotatable bonds is 3. The SMILES string of the molecule is COc1cc(N2CC3(CC3)C2)ccc1C(=O)O. The smallest absolute Gasteiger partial charge is 0.339 e. The van der Waals surface area contributed by atoms with Crippen LogP contribution >= 0.6 is 0 Å². The molecular weight excluding hydrogens is 218 g/mol. The van der Waals surface area contributed by atoms with E-state index in [0.717, 1.165) is 18.8 Å². The van der Waals surface area contributed by atoms with Crippen molar-refractivity contribution in [2.75, 3.05) is 25.1 Å². The highest BCUT2D eigenvalue weighted by atomic mass is 16.5. The summed E-state index contributed by atoms with van der Waals surface area (Å²) >= 11 is 0. The summed E-state index contributed by atoms with van der Waals surface area (Å²) in [5, 5.41) is 9.00. The molecule has 0 unspecified atom stereocenters. The van der Waals surface area contributed by atoms with Gasteiger partial charge in [-0.2, -0.15) is 0 Å². The Hall–Kier alpha value is -1.71. The van der Waals surface area contributed by atoms with Crippen LogP contribution in [0.25, 0.3) is 0 Å². The van der Waals surface area contributed by atoms with Crippen molar-refractivity contribution < 1.29 is 14.6 Å². The Kier molecular flexibility index (Phi) is 2.08. The number of carboxylic acid groups (broad SMARTS) is 1. The zero-order valence-corrected chi connectivity index (χ0v) is 9.77. The molecule has 1 aliphatic heterocycles. The first kappa shape index (κ1) is 10.4. The number of aromatic carboxylic acids is 1. The van der Waals surface area contributed by atoms with Gasteiger partial charge in [-0.15, -0.1) is 0 Å². The molecule has 0 bridgehead atoms. The molecule has 3 rings (SSSR count). The highest BCUT2D eigenvalue weighted by molar-refractivity contribution is 5.91. The second-order valence-corrected chi connectivity index (χ2v) is 5.05. The standard InChI is InChI=1S/C13H15NO3/c1-17-11-6-9(2-3-10(11)12(15)16)14-7-13(8-14)4-5-13/h2-3,6H,4-5,7-8H2,1H3,(H,15,16). The number of carboxylic acids is 1. The predicted octanol–water partition coefficient (Wildman–Crippen LogP) is 1.99. The minimum Gasteiger partial charge on any atom is -0.496 e. The van der Waals surface area contributed by atoms with E-state index >= 15 is 0 Å². The lowest BCUT2D eigenvalue weighted by atomic mass is 9.96. The molecule has 1 saturated heterocycles. The minimum absolute atomic E-state index is 0.220. The van der Waals surface area contributed by atoms with Crippen molar-refractivity contribution in [2.45, 2.75) is 12.8 Å². The number of ether oxygens (including phenoxy) is 1. The van der Waals surface area contributed by atoms with Crippen LogP contribution in [0.5, 0.6) is 5.75 Å². The van der Waals surface area contributed by atoms with Crippen LogP contribution in [0.1, 0.15) is 23.2 Å². The third-order valence-corrected chi connectivity index (χ3v) is 3.79. The van der Waals surface area contributed by atoms with Gasteiger partial charge in [0.15, 0.2) is 0 Å². The van der Waals surface area contributed by atoms with Crippen molar-refractivity contribution in [1.29, 1.82) is 0 Å². The topological polar surface area (TPSA) is 49.8 Å². The van der Waals surface area contributed by atoms with Gasteiger partial charge in [0, 0.05) is 30.3 Å². The monoisotopic (exact) mass is 233 g/mol. The maximum absolute atomic E-state index is 11.0. The maximum atomic E-state index is 11.0. The zero-order valence-electron chi connectivity index (χ0n) is 9.77. The number of benzene rings is 1. The first-order valence-corrected chi connectivity index (χ1v) is 5.80. The second-order valence-electron chi connectivity index (χ2n) is 5.05. The van der Waals surface area contributed by atoms with Gasteiger partial charge >= 0.3 is 5.97 Å². The lowest BCUT2D eigenvalue weighted by Gasteiger charge is -2.42. The average molecular weight is 233 g/mol. The van der Waals surface area contributed by atoms with Gasteiger partial charge in [-0.25, -0.2) is 4.79 Å². The molecule has 0 radical (unpaired) electrons. The minimum atomic E-state index is -0.948. The Balaban J connectivity index is 1.84. The molecule has 4 heteroatoms. The van der Waals surface area contributed by atoms with Crippen molar-refractivity contribution in [1.82, 2.24) is 0 Å². The van der Waals surface area contributed by atoms with E-state index in [2.05, 4.69) is 4.90 Å². The van der Waals surface area contributed by atoms with E-state index in [0.29, 0.717) is 11.2 Å². The fraction of sp³-hybridized carbons (Fsp3) is 0.462. The summed E-state index contributed by atoms with van der Waals surface area (Å²) in [7, 11) is 1.50. The highest BCUT2D eigenvalue weighted by Crippen LogP contribution is 2.54. The lowest BCUT2D eigenvalue weighted by Crippen LogP contribution is -2.48. The first-order chi connectivity index (χ1) is 8.13. The van der Waals surface area contributed by atoms with Crippen molar-refractivity contribution in [3.05, 3.63) is 23.8 Å². The summed E-state index contributed by atoms with van der Waals surface area (Å²) in [6.07, 6.45) is 2.68. The van der Waals surface area contributed by atoms with E-state index in [-0.39, 0.29) is 5.56 Å². The van der Waals surface area contributed by atoms with Gasteiger partial charge in [-0.05, 0) is 25.0 Å². The van der Waals surface area contributed by atoms with Crippen LogP contribution in [0, 0.1) is 5.41 Å². The summed E-state index contributed by atoms with van der Waals surface area (Å²) in [6, 6.07) is 5.30. The van der Waals surface area contributed by atoms with Gasteiger partial charge in [0.05, 0.1) is 7.11 Å². The molecule has 0 amide bonds. The fourth-order valence-electron chi connectivity index (χ4n) is 2.49. The van der Waals surface area contributed by atoms with Crippen molar-refractivity contribution in [3.63, 3.8) is 0 Å². The molecule has 0 atom stereocenters. The summed E-state index contributed by atoms with van der Waals surface area (Å²) in [4.78, 5) is 13.2. The highest BCUT2D eigenvalue weighted by Gasteiger charge is 2.52. The molecule has 2 fully saturated rings. The Bertz CT molecular complexity index is 472. The van der Waals surface area contributed by atoms with Crippen LogP contribution in [0.2, 0.25) is 0 Å². The van der Waals surface area contributed by atoms with Crippen LogP contribution in [0.4, 0.5) is 5.69 Å². The van der Waals surface area contributed by atoms with E-state index in [9.17, 15) is 4.79 Å². The number of anilines is 1. The molecule has 1 N–H and O–H groups in total. The van der Waals surface area contributed by atoms with Gasteiger partial charge in [0.25, 0.3) is 0 Å². The van der Waals surface area contributed by atoms with Crippen LogP contribution in [0.15, 0.2) is 18.2 Å². The molecule has 90 valence electrons. The van der Waals surface area contributed by atoms with E-state index < -0.39 is 5.97 Å². The number of hydrogen-bond acceptors (Lipinski definition) is 3. The third kappa shape index (κ3) is 1.64. The van der Waals surface area contributed by atoms with Crippen molar-refractivity contribution >= 4 is 11.7 Å². The fourth-order valence-corrected chi connectivity index (χ4v) is 2.49. The van der Waals surface area contributed by atoms with Gasteiger partial charge < -0.3 is 14.7 Å². The zero-order chi connectivity index (χ0) is 12.0.